The van der Waals surface area contributed by atoms with Gasteiger partial charge in [0.15, 0.2) is 0 Å². The number of hydrogen-bond acceptors (Lipinski definition) is 10. The summed E-state index contributed by atoms with van der Waals surface area (Å²) in [5.41, 5.74) is 0.513. The summed E-state index contributed by atoms with van der Waals surface area (Å²) in [7, 11) is -1.35. The summed E-state index contributed by atoms with van der Waals surface area (Å²) in [6, 6.07) is 29.2. The number of nitrogens with zero attached hydrogens (tertiary/aromatic N) is 2. The van der Waals surface area contributed by atoms with Crippen LogP contribution in [0.15, 0.2) is 122 Å². The van der Waals surface area contributed by atoms with Gasteiger partial charge in [0.25, 0.3) is 0 Å². The molecule has 2 atom stereocenters. The second kappa shape index (κ2) is 23.7. The molecule has 0 heterocycles. The van der Waals surface area contributed by atoms with Crippen LogP contribution < -0.4 is 18.9 Å². The van der Waals surface area contributed by atoms with Crippen LogP contribution in [0.5, 0.6) is 23.0 Å². The highest BCUT2D eigenvalue weighted by molar-refractivity contribution is 7.90. The molecule has 2 N–H and O–H groups in total. The Morgan fingerprint density at radius 2 is 0.694 bits per heavy atom. The monoisotopic (exact) mass is 894 g/mol. The summed E-state index contributed by atoms with van der Waals surface area (Å²) in [6.07, 6.45) is 4.91. The van der Waals surface area contributed by atoms with E-state index in [4.69, 9.17) is 18.9 Å². The smallest absolute Gasteiger partial charge is 0.220 e. The van der Waals surface area contributed by atoms with E-state index in [9.17, 15) is 27.0 Å². The van der Waals surface area contributed by atoms with E-state index in [0.29, 0.717) is 35.8 Å². The fourth-order valence-electron chi connectivity index (χ4n) is 6.84. The van der Waals surface area contributed by atoms with Gasteiger partial charge in [0, 0.05) is 26.2 Å². The molecule has 340 valence electrons. The Morgan fingerprint density at radius 1 is 0.484 bits per heavy atom. The van der Waals surface area contributed by atoms with E-state index in [1.807, 2.05) is 48.5 Å². The first-order valence-electron chi connectivity index (χ1n) is 20.4. The van der Waals surface area contributed by atoms with Crippen LogP contribution in [0.25, 0.3) is 0 Å². The maximum atomic E-state index is 13.7. The highest BCUT2D eigenvalue weighted by Gasteiger charge is 2.42. The van der Waals surface area contributed by atoms with Crippen molar-refractivity contribution in [3.05, 3.63) is 145 Å². The van der Waals surface area contributed by atoms with Crippen molar-refractivity contribution in [1.82, 2.24) is 8.61 Å². The van der Waals surface area contributed by atoms with Crippen LogP contribution in [-0.4, -0.2) is 85.8 Å². The van der Waals surface area contributed by atoms with Crippen LogP contribution in [0.2, 0.25) is 0 Å². The molecule has 12 nitrogen and oxygen atoms in total. The van der Waals surface area contributed by atoms with Gasteiger partial charge in [0.2, 0.25) is 20.0 Å². The molecule has 0 saturated heterocycles. The van der Waals surface area contributed by atoms with Crippen molar-refractivity contribution in [2.75, 3.05) is 28.4 Å². The molecule has 0 unspecified atom stereocenters. The van der Waals surface area contributed by atoms with Crippen molar-refractivity contribution in [1.29, 1.82) is 0 Å². The number of aliphatic hydroxyl groups is 2. The lowest BCUT2D eigenvalue weighted by molar-refractivity contribution is 0.0695. The van der Waals surface area contributed by atoms with Crippen molar-refractivity contribution >= 4 is 20.0 Å². The molecule has 4 aromatic carbocycles. The van der Waals surface area contributed by atoms with Gasteiger partial charge < -0.3 is 29.2 Å². The summed E-state index contributed by atoms with van der Waals surface area (Å²) in [5.74, 6) is 2.81. The van der Waals surface area contributed by atoms with Crippen molar-refractivity contribution in [3.63, 3.8) is 0 Å². The van der Waals surface area contributed by atoms with Gasteiger partial charge in [0.05, 0.1) is 39.6 Å². The van der Waals surface area contributed by atoms with E-state index in [1.54, 1.807) is 89.1 Å². The van der Waals surface area contributed by atoms with E-state index in [1.165, 1.54) is 36.3 Å². The number of hydrogen-bond donors (Lipinski definition) is 2. The summed E-state index contributed by atoms with van der Waals surface area (Å²) >= 11 is 0. The lowest BCUT2D eigenvalue weighted by Gasteiger charge is -2.34. The lowest BCUT2D eigenvalue weighted by atomic mass is 10.0. The fourth-order valence-corrected chi connectivity index (χ4v) is 11.2. The van der Waals surface area contributed by atoms with Gasteiger partial charge in [-0.25, -0.2) is 16.8 Å². The first-order chi connectivity index (χ1) is 29.2. The first kappa shape index (κ1) is 51.6. The molecule has 0 aliphatic rings. The zero-order chi connectivity index (χ0) is 46.1. The molecule has 62 heavy (non-hydrogen) atoms. The van der Waals surface area contributed by atoms with Crippen LogP contribution in [0.3, 0.4) is 0 Å². The van der Waals surface area contributed by atoms with Crippen LogP contribution in [0.4, 0.5) is 0 Å². The molecule has 0 radical (unpaired) electrons. The standard InChI is InChI=1S/2C24H33NO5S/c2*1-6-7-8-23(24(2,3)26)31(27,28)25(17-19-9-13-21(29-4)14-10-19)18-20-11-15-22(30-5)16-12-20/h2*6,9-16,23,26H,1,7-8,17-18H2,2-5H3/t2*23-/m10/s1. The average Bonchev–Trinajstić information content (AvgIpc) is 3.23. The van der Waals surface area contributed by atoms with Crippen LogP contribution in [0, 0.1) is 0 Å². The molecule has 0 aliphatic carbocycles. The summed E-state index contributed by atoms with van der Waals surface area (Å²) in [5, 5.41) is 19.4. The fraction of sp³-hybridized carbons (Fsp3) is 0.417. The molecule has 0 aromatic heterocycles. The second-order valence-corrected chi connectivity index (χ2v) is 20.3. The SMILES string of the molecule is C=CCC[C@@H](C(C)(C)O)S(=O)(=O)N(Cc1ccc(OC)cc1)Cc1ccc(OC)cc1.C=CCC[C@H](C(C)(C)O)S(=O)(=O)N(Cc1ccc(OC)cc1)Cc1ccc(OC)cc1. The van der Waals surface area contributed by atoms with E-state index < -0.39 is 41.7 Å². The topological polar surface area (TPSA) is 152 Å². The number of rotatable bonds is 24. The van der Waals surface area contributed by atoms with E-state index in [2.05, 4.69) is 13.2 Å². The maximum absolute atomic E-state index is 13.7. The quantitative estimate of drug-likeness (QED) is 0.0658. The molecule has 0 bridgehead atoms. The molecule has 4 rings (SSSR count). The summed E-state index contributed by atoms with van der Waals surface area (Å²) < 4.78 is 78.5. The number of benzene rings is 4. The van der Waals surface area contributed by atoms with Crippen molar-refractivity contribution < 1.29 is 46.0 Å². The third kappa shape index (κ3) is 15.3. The Labute approximate surface area is 370 Å². The Hall–Kier alpha value is -4.70. The maximum Gasteiger partial charge on any atom is 0.220 e. The minimum absolute atomic E-state index is 0.180. The van der Waals surface area contributed by atoms with Gasteiger partial charge in [-0.15, -0.1) is 13.2 Å². The van der Waals surface area contributed by atoms with Crippen molar-refractivity contribution in [2.45, 2.75) is 101 Å². The molecular weight excluding hydrogens is 829 g/mol. The number of methoxy groups -OCH3 is 4. The Bertz CT molecular complexity index is 1920. The molecule has 4 aromatic rings. The van der Waals surface area contributed by atoms with E-state index in [0.717, 1.165) is 22.3 Å². The number of ether oxygens (including phenoxy) is 4. The molecule has 0 saturated carbocycles. The number of sulfonamides is 2. The van der Waals surface area contributed by atoms with Crippen LogP contribution >= 0.6 is 0 Å². The molecule has 0 amide bonds. The van der Waals surface area contributed by atoms with Crippen molar-refractivity contribution in [2.24, 2.45) is 0 Å². The minimum atomic E-state index is -3.85. The van der Waals surface area contributed by atoms with Crippen molar-refractivity contribution in [3.8, 4) is 23.0 Å². The molecule has 0 fully saturated rings. The largest absolute Gasteiger partial charge is 0.497 e. The van der Waals surface area contributed by atoms with E-state index >= 15 is 0 Å². The Kier molecular flexibility index (Phi) is 19.7. The van der Waals surface area contributed by atoms with Gasteiger partial charge in [-0.05, 0) is 124 Å². The van der Waals surface area contributed by atoms with Crippen LogP contribution in [-0.2, 0) is 46.2 Å². The third-order valence-corrected chi connectivity index (χ3v) is 15.4. The summed E-state index contributed by atoms with van der Waals surface area (Å²) in [6.45, 7) is 14.3. The van der Waals surface area contributed by atoms with Crippen LogP contribution in [0.1, 0.15) is 75.6 Å². The van der Waals surface area contributed by atoms with Gasteiger partial charge >= 0.3 is 0 Å². The van der Waals surface area contributed by atoms with Gasteiger partial charge in [-0.2, -0.15) is 8.61 Å². The molecule has 14 heteroatoms. The van der Waals surface area contributed by atoms with Gasteiger partial charge in [-0.1, -0.05) is 60.7 Å². The third-order valence-electron chi connectivity index (χ3n) is 10.4. The zero-order valence-corrected chi connectivity index (χ0v) is 39.1. The highest BCUT2D eigenvalue weighted by atomic mass is 32.2. The van der Waals surface area contributed by atoms with Gasteiger partial charge in [0.1, 0.15) is 33.5 Å². The second-order valence-electron chi connectivity index (χ2n) is 16.0. The molecule has 0 spiro atoms. The minimum Gasteiger partial charge on any atom is -0.497 e. The predicted molar refractivity (Wildman–Crippen MR) is 247 cm³/mol. The number of allylic oxidation sites excluding steroid dienone is 2. The molecule has 0 aliphatic heterocycles. The Balaban J connectivity index is 0.000000330. The molecular formula is C48H66N2O10S2. The normalized spacial score (nSPS) is 13.1. The van der Waals surface area contributed by atoms with Gasteiger partial charge in [-0.3, -0.25) is 0 Å². The average molecular weight is 895 g/mol. The Morgan fingerprint density at radius 3 is 0.855 bits per heavy atom. The summed E-state index contributed by atoms with van der Waals surface area (Å²) in [4.78, 5) is 0. The predicted octanol–water partition coefficient (Wildman–Crippen LogP) is 8.28. The van der Waals surface area contributed by atoms with E-state index in [-0.39, 0.29) is 39.0 Å². The first-order valence-corrected chi connectivity index (χ1v) is 23.4. The highest BCUT2D eigenvalue weighted by Crippen LogP contribution is 2.30. The lowest BCUT2D eigenvalue weighted by Crippen LogP contribution is -2.48. The zero-order valence-electron chi connectivity index (χ0n) is 37.5.